The summed E-state index contributed by atoms with van der Waals surface area (Å²) in [6.45, 7) is 4.57. The van der Waals surface area contributed by atoms with Gasteiger partial charge in [0.15, 0.2) is 0 Å². The number of likely N-dealkylation sites (tertiary alicyclic amines) is 1. The van der Waals surface area contributed by atoms with Gasteiger partial charge in [0.25, 0.3) is 0 Å². The fourth-order valence-corrected chi connectivity index (χ4v) is 6.24. The molecule has 1 atom stereocenters. The largest absolute Gasteiger partial charge is 0.495 e. The molecule has 1 unspecified atom stereocenters. The van der Waals surface area contributed by atoms with Crippen LogP contribution in [-0.2, 0) is 10.0 Å². The van der Waals surface area contributed by atoms with Gasteiger partial charge in [0.1, 0.15) is 11.5 Å². The maximum Gasteiger partial charge on any atom is 0.407 e. The number of nitrogens with one attached hydrogen (secondary N) is 2. The Bertz CT molecular complexity index is 1750. The van der Waals surface area contributed by atoms with E-state index in [-0.39, 0.29) is 17.7 Å². The molecule has 1 fully saturated rings. The quantitative estimate of drug-likeness (QED) is 0.210. The third-order valence-corrected chi connectivity index (χ3v) is 8.64. The SMILES string of the molecule is CCCS(=O)(=O)Nc1cccc2c(Oc3ncc(OC)cc3-c3ccnc(NC4CCCN(C(=O)O)C4)n3)c(C)ccc12. The zero-order valence-corrected chi connectivity index (χ0v) is 25.0. The monoisotopic (exact) mass is 606 g/mol. The van der Waals surface area contributed by atoms with Crippen LogP contribution in [0, 0.1) is 6.92 Å². The van der Waals surface area contributed by atoms with Crippen molar-refractivity contribution in [1.82, 2.24) is 19.9 Å². The number of benzene rings is 2. The zero-order chi connectivity index (χ0) is 30.6. The molecule has 1 aliphatic rings. The van der Waals surface area contributed by atoms with E-state index in [1.165, 1.54) is 4.90 Å². The minimum absolute atomic E-state index is 0.0199. The van der Waals surface area contributed by atoms with Crippen LogP contribution >= 0.6 is 0 Å². The second-order valence-electron chi connectivity index (χ2n) is 10.3. The van der Waals surface area contributed by atoms with E-state index in [9.17, 15) is 18.3 Å². The Morgan fingerprint density at radius 2 is 2.00 bits per heavy atom. The van der Waals surface area contributed by atoms with Gasteiger partial charge in [-0.1, -0.05) is 31.2 Å². The van der Waals surface area contributed by atoms with Crippen LogP contribution in [0.1, 0.15) is 31.7 Å². The van der Waals surface area contributed by atoms with Crippen LogP contribution in [0.2, 0.25) is 0 Å². The number of anilines is 2. The summed E-state index contributed by atoms with van der Waals surface area (Å²) in [7, 11) is -1.96. The van der Waals surface area contributed by atoms with Gasteiger partial charge in [0, 0.05) is 36.1 Å². The molecule has 43 heavy (non-hydrogen) atoms. The van der Waals surface area contributed by atoms with E-state index in [1.807, 2.05) is 32.0 Å². The first kappa shape index (κ1) is 29.8. The first-order valence-electron chi connectivity index (χ1n) is 14.0. The molecule has 12 nitrogen and oxygen atoms in total. The van der Waals surface area contributed by atoms with Crippen molar-refractivity contribution in [1.29, 1.82) is 0 Å². The number of amides is 1. The second-order valence-corrected chi connectivity index (χ2v) is 12.2. The molecule has 0 aliphatic carbocycles. The van der Waals surface area contributed by atoms with Crippen molar-refractivity contribution in [2.45, 2.75) is 39.2 Å². The van der Waals surface area contributed by atoms with Gasteiger partial charge >= 0.3 is 6.09 Å². The average molecular weight is 607 g/mol. The third-order valence-electron chi connectivity index (χ3n) is 7.16. The Morgan fingerprint density at radius 1 is 1.16 bits per heavy atom. The fourth-order valence-electron chi connectivity index (χ4n) is 5.09. The van der Waals surface area contributed by atoms with E-state index in [0.717, 1.165) is 18.4 Å². The highest BCUT2D eigenvalue weighted by Gasteiger charge is 2.24. The minimum Gasteiger partial charge on any atom is -0.495 e. The lowest BCUT2D eigenvalue weighted by Gasteiger charge is -2.31. The van der Waals surface area contributed by atoms with Crippen LogP contribution in [0.15, 0.2) is 54.9 Å². The van der Waals surface area contributed by atoms with E-state index in [4.69, 9.17) is 14.5 Å². The smallest absolute Gasteiger partial charge is 0.407 e. The zero-order valence-electron chi connectivity index (χ0n) is 24.2. The Morgan fingerprint density at radius 3 is 2.77 bits per heavy atom. The molecule has 1 aliphatic heterocycles. The van der Waals surface area contributed by atoms with Crippen molar-refractivity contribution in [2.24, 2.45) is 0 Å². The number of hydrogen-bond donors (Lipinski definition) is 3. The molecule has 2 aromatic carbocycles. The lowest BCUT2D eigenvalue weighted by Crippen LogP contribution is -2.44. The Kier molecular flexibility index (Phi) is 8.81. The van der Waals surface area contributed by atoms with E-state index in [1.54, 1.807) is 43.8 Å². The molecule has 2 aromatic heterocycles. The second kappa shape index (κ2) is 12.7. The summed E-state index contributed by atoms with van der Waals surface area (Å²) in [5.41, 5.74) is 2.37. The number of nitrogens with zero attached hydrogens (tertiary/aromatic N) is 4. The van der Waals surface area contributed by atoms with Crippen molar-refractivity contribution in [3.05, 3.63) is 60.4 Å². The molecule has 0 spiro atoms. The molecule has 3 heterocycles. The number of ether oxygens (including phenoxy) is 2. The molecular formula is C30H34N6O6S. The molecule has 0 bridgehead atoms. The minimum atomic E-state index is -3.50. The first-order valence-corrected chi connectivity index (χ1v) is 15.6. The molecule has 4 aromatic rings. The number of sulfonamides is 1. The normalized spacial score (nSPS) is 15.2. The molecule has 1 amide bonds. The maximum absolute atomic E-state index is 12.5. The Balaban J connectivity index is 1.50. The van der Waals surface area contributed by atoms with Crippen molar-refractivity contribution >= 4 is 38.5 Å². The lowest BCUT2D eigenvalue weighted by molar-refractivity contribution is 0.132. The summed E-state index contributed by atoms with van der Waals surface area (Å²) in [5.74, 6) is 1.67. The van der Waals surface area contributed by atoms with Crippen LogP contribution < -0.4 is 19.5 Å². The highest BCUT2D eigenvalue weighted by Crippen LogP contribution is 2.40. The molecule has 0 radical (unpaired) electrons. The molecule has 5 rings (SSSR count). The van der Waals surface area contributed by atoms with E-state index >= 15 is 0 Å². The number of aryl methyl sites for hydroxylation is 1. The van der Waals surface area contributed by atoms with Crippen LogP contribution in [-0.4, -0.2) is 71.5 Å². The van der Waals surface area contributed by atoms with Gasteiger partial charge < -0.3 is 24.8 Å². The number of rotatable bonds is 10. The summed E-state index contributed by atoms with van der Waals surface area (Å²) in [4.78, 5) is 26.4. The Hall–Kier alpha value is -4.65. The van der Waals surface area contributed by atoms with E-state index in [0.29, 0.717) is 64.7 Å². The maximum atomic E-state index is 12.5. The molecule has 226 valence electrons. The fraction of sp³-hybridized carbons (Fsp3) is 0.333. The molecule has 13 heteroatoms. The number of pyridine rings is 1. The van der Waals surface area contributed by atoms with Crippen LogP contribution in [0.5, 0.6) is 17.4 Å². The highest BCUT2D eigenvalue weighted by atomic mass is 32.2. The van der Waals surface area contributed by atoms with Gasteiger partial charge in [0.05, 0.1) is 36.0 Å². The van der Waals surface area contributed by atoms with Crippen molar-refractivity contribution in [3.8, 4) is 28.6 Å². The highest BCUT2D eigenvalue weighted by molar-refractivity contribution is 7.92. The van der Waals surface area contributed by atoms with Crippen molar-refractivity contribution in [3.63, 3.8) is 0 Å². The summed E-state index contributed by atoms with van der Waals surface area (Å²) in [6, 6.07) is 12.5. The standard InChI is InChI=1S/C30H34N6O6S/c1-4-15-43(39,40)35-26-9-5-8-23-22(26)11-10-19(2)27(23)42-28-24(16-21(41-3)17-32-28)25-12-13-31-29(34-25)33-20-7-6-14-36(18-20)30(37)38/h5,8-13,16-17,20,35H,4,6-7,14-15,18H2,1-3H3,(H,37,38)(H,31,33,34). The van der Waals surface area contributed by atoms with E-state index in [2.05, 4.69) is 20.0 Å². The number of piperidine rings is 1. The molecule has 3 N–H and O–H groups in total. The number of carboxylic acid groups (broad SMARTS) is 1. The summed E-state index contributed by atoms with van der Waals surface area (Å²) >= 11 is 0. The predicted molar refractivity (Wildman–Crippen MR) is 165 cm³/mol. The number of carbonyl (C=O) groups is 1. The van der Waals surface area contributed by atoms with Crippen molar-refractivity contribution in [2.75, 3.05) is 36.0 Å². The van der Waals surface area contributed by atoms with Gasteiger partial charge in [-0.3, -0.25) is 4.72 Å². The summed E-state index contributed by atoms with van der Waals surface area (Å²) in [5, 5.41) is 14.1. The molecule has 1 saturated heterocycles. The van der Waals surface area contributed by atoms with Crippen molar-refractivity contribution < 1.29 is 27.8 Å². The van der Waals surface area contributed by atoms with Crippen LogP contribution in [0.25, 0.3) is 22.0 Å². The number of fused-ring (bicyclic) bond motifs is 1. The van der Waals surface area contributed by atoms with E-state index < -0.39 is 16.1 Å². The third kappa shape index (κ3) is 6.88. The molecular weight excluding hydrogens is 572 g/mol. The number of hydrogen-bond acceptors (Lipinski definition) is 9. The van der Waals surface area contributed by atoms with Crippen LogP contribution in [0.3, 0.4) is 0 Å². The van der Waals surface area contributed by atoms with Gasteiger partial charge in [-0.2, -0.15) is 0 Å². The number of methoxy groups -OCH3 is 1. The first-order chi connectivity index (χ1) is 20.7. The van der Waals surface area contributed by atoms with Gasteiger partial charge in [0.2, 0.25) is 21.9 Å². The van der Waals surface area contributed by atoms with Gasteiger partial charge in [-0.25, -0.2) is 28.2 Å². The van der Waals surface area contributed by atoms with Gasteiger partial charge in [-0.15, -0.1) is 0 Å². The predicted octanol–water partition coefficient (Wildman–Crippen LogP) is 5.51. The summed E-state index contributed by atoms with van der Waals surface area (Å²) < 4.78 is 39.7. The lowest BCUT2D eigenvalue weighted by atomic mass is 10.0. The van der Waals surface area contributed by atoms with Gasteiger partial charge in [-0.05, 0) is 49.9 Å². The Labute approximate surface area is 250 Å². The van der Waals surface area contributed by atoms with Crippen LogP contribution in [0.4, 0.5) is 16.4 Å². The summed E-state index contributed by atoms with van der Waals surface area (Å²) in [6.07, 6.45) is 4.26. The number of aromatic nitrogens is 3. The average Bonchev–Trinajstić information content (AvgIpc) is 2.99. The molecule has 0 saturated carbocycles. The topological polar surface area (TPSA) is 156 Å².